The summed E-state index contributed by atoms with van der Waals surface area (Å²) in [7, 11) is -1.60. The molecule has 0 fully saturated rings. The third-order valence-corrected chi connectivity index (χ3v) is 3.97. The van der Waals surface area contributed by atoms with E-state index in [4.69, 9.17) is 5.73 Å². The molecule has 0 aromatic carbocycles. The quantitative estimate of drug-likeness (QED) is 0.694. The zero-order valence-electron chi connectivity index (χ0n) is 8.64. The van der Waals surface area contributed by atoms with Crippen LogP contribution in [0.1, 0.15) is 13.3 Å². The highest BCUT2D eigenvalue weighted by Crippen LogP contribution is 2.04. The largest absolute Gasteiger partial charge is 0.329 e. The molecule has 0 saturated carbocycles. The van der Waals surface area contributed by atoms with Crippen LogP contribution >= 0.6 is 12.4 Å². The summed E-state index contributed by atoms with van der Waals surface area (Å²) in [4.78, 5) is 0. The van der Waals surface area contributed by atoms with E-state index >= 15 is 0 Å². The van der Waals surface area contributed by atoms with E-state index in [0.29, 0.717) is 13.0 Å². The molecule has 1 unspecified atom stereocenters. The van der Waals surface area contributed by atoms with Gasteiger partial charge in [0.2, 0.25) is 10.0 Å². The van der Waals surface area contributed by atoms with Gasteiger partial charge in [0.15, 0.2) is 0 Å². The predicted octanol–water partition coefficient (Wildman–Crippen LogP) is 0.593. The fraction of sp³-hybridized carbons (Fsp3) is 0.750. The van der Waals surface area contributed by atoms with Crippen molar-refractivity contribution in [1.29, 1.82) is 0 Å². The first-order valence-electron chi connectivity index (χ1n) is 4.22. The highest BCUT2D eigenvalue weighted by molar-refractivity contribution is 7.89. The van der Waals surface area contributed by atoms with Crippen LogP contribution in [0, 0.1) is 0 Å². The summed E-state index contributed by atoms with van der Waals surface area (Å²) in [6, 6.07) is -0.144. The highest BCUT2D eigenvalue weighted by Gasteiger charge is 2.20. The molecule has 86 valence electrons. The molecule has 0 amide bonds. The number of likely N-dealkylation sites (N-methyl/N-ethyl adjacent to an activating group) is 1. The van der Waals surface area contributed by atoms with Crippen LogP contribution in [0.15, 0.2) is 12.7 Å². The Hall–Kier alpha value is -0.100. The van der Waals surface area contributed by atoms with Crippen molar-refractivity contribution in [3.8, 4) is 0 Å². The first kappa shape index (κ1) is 16.3. The molecule has 0 aliphatic carbocycles. The molecule has 0 aromatic heterocycles. The summed E-state index contributed by atoms with van der Waals surface area (Å²) in [5.41, 5.74) is 5.37. The molecule has 0 bridgehead atoms. The van der Waals surface area contributed by atoms with Crippen LogP contribution in [0.25, 0.3) is 0 Å². The lowest BCUT2D eigenvalue weighted by molar-refractivity contribution is 0.394. The minimum Gasteiger partial charge on any atom is -0.329 e. The molecule has 0 aliphatic heterocycles. The summed E-state index contributed by atoms with van der Waals surface area (Å²) in [6.45, 7) is 5.60. The average molecular weight is 243 g/mol. The van der Waals surface area contributed by atoms with Crippen LogP contribution in [-0.4, -0.2) is 38.1 Å². The lowest BCUT2D eigenvalue weighted by atomic mass is 10.4. The van der Waals surface area contributed by atoms with Crippen molar-refractivity contribution in [2.24, 2.45) is 5.73 Å². The molecule has 2 N–H and O–H groups in total. The van der Waals surface area contributed by atoms with Gasteiger partial charge in [-0.2, -0.15) is 0 Å². The van der Waals surface area contributed by atoms with Crippen LogP contribution < -0.4 is 5.73 Å². The Morgan fingerprint density at radius 1 is 1.57 bits per heavy atom. The molecule has 0 rings (SSSR count). The van der Waals surface area contributed by atoms with E-state index in [0.717, 1.165) is 0 Å². The van der Waals surface area contributed by atoms with Crippen molar-refractivity contribution in [1.82, 2.24) is 4.31 Å². The van der Waals surface area contributed by atoms with Crippen molar-refractivity contribution >= 4 is 22.4 Å². The van der Waals surface area contributed by atoms with Crippen LogP contribution in [0.4, 0.5) is 0 Å². The van der Waals surface area contributed by atoms with E-state index in [1.54, 1.807) is 20.0 Å². The average Bonchev–Trinajstić information content (AvgIpc) is 2.12. The maximum absolute atomic E-state index is 11.5. The van der Waals surface area contributed by atoms with Gasteiger partial charge in [-0.25, -0.2) is 12.7 Å². The van der Waals surface area contributed by atoms with Crippen molar-refractivity contribution < 1.29 is 8.42 Å². The van der Waals surface area contributed by atoms with E-state index < -0.39 is 10.0 Å². The summed E-state index contributed by atoms with van der Waals surface area (Å²) >= 11 is 0. The Labute approximate surface area is 92.6 Å². The lowest BCUT2D eigenvalue weighted by Gasteiger charge is -2.22. The molecule has 0 aromatic rings. The molecule has 0 aliphatic rings. The number of sulfonamides is 1. The molecular formula is C8H19ClN2O2S. The van der Waals surface area contributed by atoms with E-state index in [1.807, 2.05) is 0 Å². The highest BCUT2D eigenvalue weighted by atomic mass is 35.5. The van der Waals surface area contributed by atoms with E-state index in [-0.39, 0.29) is 24.2 Å². The summed E-state index contributed by atoms with van der Waals surface area (Å²) in [5.74, 6) is 0.108. The number of hydrogen-bond acceptors (Lipinski definition) is 3. The van der Waals surface area contributed by atoms with Crippen molar-refractivity contribution in [3.05, 3.63) is 12.7 Å². The van der Waals surface area contributed by atoms with Crippen molar-refractivity contribution in [2.75, 3.05) is 19.3 Å². The maximum Gasteiger partial charge on any atom is 0.214 e. The van der Waals surface area contributed by atoms with Gasteiger partial charge in [0, 0.05) is 19.6 Å². The van der Waals surface area contributed by atoms with E-state index in [9.17, 15) is 8.42 Å². The summed E-state index contributed by atoms with van der Waals surface area (Å²) in [5, 5.41) is 0. The van der Waals surface area contributed by atoms with Gasteiger partial charge in [-0.15, -0.1) is 19.0 Å². The smallest absolute Gasteiger partial charge is 0.214 e. The number of allylic oxidation sites excluding steroid dienone is 1. The van der Waals surface area contributed by atoms with Gasteiger partial charge in [0.05, 0.1) is 5.75 Å². The molecule has 4 nitrogen and oxygen atoms in total. The maximum atomic E-state index is 11.5. The Balaban J connectivity index is 0. The van der Waals surface area contributed by atoms with Gasteiger partial charge in [0.25, 0.3) is 0 Å². The standard InChI is InChI=1S/C8H18N2O2S.ClH/c1-4-5-6-13(11,12)10(3)8(2)7-9;/h4,8H,1,5-7,9H2,2-3H3;1H. The van der Waals surface area contributed by atoms with Gasteiger partial charge in [-0.1, -0.05) is 6.08 Å². The third kappa shape index (κ3) is 4.95. The number of nitrogens with two attached hydrogens (primary N) is 1. The Morgan fingerprint density at radius 2 is 2.07 bits per heavy atom. The molecular weight excluding hydrogens is 224 g/mol. The van der Waals surface area contributed by atoms with Crippen molar-refractivity contribution in [2.45, 2.75) is 19.4 Å². The van der Waals surface area contributed by atoms with Crippen LogP contribution in [0.3, 0.4) is 0 Å². The Morgan fingerprint density at radius 3 is 2.43 bits per heavy atom. The number of nitrogens with zero attached hydrogens (tertiary/aromatic N) is 1. The second-order valence-electron chi connectivity index (χ2n) is 2.99. The molecule has 1 atom stereocenters. The first-order valence-corrected chi connectivity index (χ1v) is 5.83. The molecule has 0 saturated heterocycles. The zero-order chi connectivity index (χ0) is 10.5. The predicted molar refractivity (Wildman–Crippen MR) is 62.1 cm³/mol. The topological polar surface area (TPSA) is 63.4 Å². The minimum absolute atomic E-state index is 0. The van der Waals surface area contributed by atoms with Crippen molar-refractivity contribution in [3.63, 3.8) is 0 Å². The fourth-order valence-corrected chi connectivity index (χ4v) is 2.19. The molecule has 14 heavy (non-hydrogen) atoms. The second kappa shape index (κ2) is 7.23. The fourth-order valence-electron chi connectivity index (χ4n) is 0.799. The normalized spacial score (nSPS) is 13.4. The van der Waals surface area contributed by atoms with Crippen LogP contribution in [0.2, 0.25) is 0 Å². The number of halogens is 1. The third-order valence-electron chi connectivity index (χ3n) is 1.98. The summed E-state index contributed by atoms with van der Waals surface area (Å²) in [6.07, 6.45) is 2.07. The number of hydrogen-bond donors (Lipinski definition) is 1. The SMILES string of the molecule is C=CCCS(=O)(=O)N(C)C(C)CN.Cl. The molecule has 0 radical (unpaired) electrons. The second-order valence-corrected chi connectivity index (χ2v) is 5.14. The van der Waals surface area contributed by atoms with Crippen LogP contribution in [0.5, 0.6) is 0 Å². The molecule has 0 spiro atoms. The Bertz CT molecular complexity index is 254. The zero-order valence-corrected chi connectivity index (χ0v) is 10.3. The number of rotatable bonds is 6. The monoisotopic (exact) mass is 242 g/mol. The molecule has 6 heteroatoms. The van der Waals surface area contributed by atoms with Gasteiger partial charge < -0.3 is 5.73 Å². The Kier molecular flexibility index (Phi) is 8.43. The van der Waals surface area contributed by atoms with E-state index in [1.165, 1.54) is 4.31 Å². The first-order chi connectivity index (χ1) is 5.95. The summed E-state index contributed by atoms with van der Waals surface area (Å²) < 4.78 is 24.3. The van der Waals surface area contributed by atoms with Gasteiger partial charge >= 0.3 is 0 Å². The lowest BCUT2D eigenvalue weighted by Crippen LogP contribution is -2.40. The minimum atomic E-state index is -3.15. The van der Waals surface area contributed by atoms with Gasteiger partial charge in [-0.05, 0) is 13.3 Å². The van der Waals surface area contributed by atoms with Gasteiger partial charge in [-0.3, -0.25) is 0 Å². The van der Waals surface area contributed by atoms with E-state index in [2.05, 4.69) is 6.58 Å². The molecule has 0 heterocycles. The van der Waals surface area contributed by atoms with Crippen LogP contribution in [-0.2, 0) is 10.0 Å². The van der Waals surface area contributed by atoms with Gasteiger partial charge in [0.1, 0.15) is 0 Å².